The largest absolute Gasteiger partial charge is 0.573 e. The van der Waals surface area contributed by atoms with E-state index in [0.717, 1.165) is 23.1 Å². The Labute approximate surface area is 193 Å². The fourth-order valence-corrected chi connectivity index (χ4v) is 5.39. The summed E-state index contributed by atoms with van der Waals surface area (Å²) >= 11 is 0. The topological polar surface area (TPSA) is 9.23 Å². The zero-order valence-electron chi connectivity index (χ0n) is 19.2. The van der Waals surface area contributed by atoms with Gasteiger partial charge in [-0.1, -0.05) is 69.0 Å². The molecule has 2 aliphatic rings. The average Bonchev–Trinajstić information content (AvgIpc) is 2.81. The van der Waals surface area contributed by atoms with Crippen LogP contribution in [-0.4, -0.2) is 6.36 Å². The number of fused-ring (bicyclic) bond motifs is 1. The molecule has 0 heterocycles. The van der Waals surface area contributed by atoms with Gasteiger partial charge in [-0.2, -0.15) is 0 Å². The van der Waals surface area contributed by atoms with E-state index >= 15 is 0 Å². The minimum Gasteiger partial charge on any atom is -0.403 e. The highest BCUT2D eigenvalue weighted by Gasteiger charge is 2.33. The van der Waals surface area contributed by atoms with Crippen molar-refractivity contribution >= 4 is 11.6 Å². The highest BCUT2D eigenvalue weighted by molar-refractivity contribution is 5.84. The molecule has 0 N–H and O–H groups in total. The third kappa shape index (κ3) is 5.99. The number of unbranched alkanes of at least 4 members (excludes halogenated alkanes) is 2. The van der Waals surface area contributed by atoms with Crippen molar-refractivity contribution in [3.8, 4) is 5.75 Å². The maximum absolute atomic E-state index is 14.5. The van der Waals surface area contributed by atoms with Gasteiger partial charge in [0, 0.05) is 0 Å². The summed E-state index contributed by atoms with van der Waals surface area (Å²) in [6, 6.07) is 11.3. The number of hydrogen-bond acceptors (Lipinski definition) is 1. The quantitative estimate of drug-likeness (QED) is 0.296. The molecule has 1 saturated carbocycles. The van der Waals surface area contributed by atoms with Crippen molar-refractivity contribution in [2.45, 2.75) is 83.4 Å². The Morgan fingerprint density at radius 2 is 1.64 bits per heavy atom. The van der Waals surface area contributed by atoms with Crippen LogP contribution in [0, 0.1) is 11.7 Å². The predicted octanol–water partition coefficient (Wildman–Crippen LogP) is 9.07. The number of hydrogen-bond donors (Lipinski definition) is 0. The van der Waals surface area contributed by atoms with Crippen LogP contribution in [0.2, 0.25) is 0 Å². The lowest BCUT2D eigenvalue weighted by Gasteiger charge is -2.29. The molecule has 0 amide bonds. The number of rotatable bonds is 7. The fraction of sp³-hybridized carbons (Fsp3) is 0.500. The van der Waals surface area contributed by atoms with Crippen molar-refractivity contribution in [3.05, 3.63) is 64.5 Å². The summed E-state index contributed by atoms with van der Waals surface area (Å²) in [7, 11) is 0. The van der Waals surface area contributed by atoms with Gasteiger partial charge in [-0.3, -0.25) is 0 Å². The van der Waals surface area contributed by atoms with Gasteiger partial charge in [0.05, 0.1) is 0 Å². The van der Waals surface area contributed by atoms with Gasteiger partial charge in [0.2, 0.25) is 0 Å². The zero-order chi connectivity index (χ0) is 23.4. The van der Waals surface area contributed by atoms with Crippen LogP contribution in [0.15, 0.2) is 36.4 Å². The van der Waals surface area contributed by atoms with Crippen molar-refractivity contribution in [2.24, 2.45) is 5.92 Å². The molecular weight excluding hydrogens is 428 g/mol. The molecule has 4 rings (SSSR count). The van der Waals surface area contributed by atoms with E-state index in [2.05, 4.69) is 35.9 Å². The lowest BCUT2D eigenvalue weighted by Crippen LogP contribution is -2.18. The van der Waals surface area contributed by atoms with Gasteiger partial charge in [-0.05, 0) is 84.3 Å². The molecule has 0 unspecified atom stereocenters. The maximum atomic E-state index is 14.5. The molecule has 33 heavy (non-hydrogen) atoms. The molecule has 2 aromatic rings. The Hall–Kier alpha value is -2.30. The van der Waals surface area contributed by atoms with Crippen LogP contribution in [0.25, 0.3) is 11.6 Å². The van der Waals surface area contributed by atoms with E-state index in [4.69, 9.17) is 0 Å². The first-order valence-corrected chi connectivity index (χ1v) is 12.2. The van der Waals surface area contributed by atoms with Crippen molar-refractivity contribution in [2.75, 3.05) is 0 Å². The van der Waals surface area contributed by atoms with Crippen molar-refractivity contribution in [3.63, 3.8) is 0 Å². The third-order valence-electron chi connectivity index (χ3n) is 7.26. The van der Waals surface area contributed by atoms with E-state index in [9.17, 15) is 17.6 Å². The van der Waals surface area contributed by atoms with Crippen molar-refractivity contribution in [1.82, 2.24) is 0 Å². The second-order valence-electron chi connectivity index (χ2n) is 9.50. The van der Waals surface area contributed by atoms with Gasteiger partial charge in [-0.15, -0.1) is 13.2 Å². The minimum atomic E-state index is -4.90. The standard InChI is InChI=1S/C28H32F4O/c1-2-3-4-5-19-6-8-20(9-7-19)21-10-12-22(13-11-21)23-14-16-25-24(18-23)15-17-26(27(25)29)33-28(30,31)32/h10-13,15,17-20H,2-9,14,16H2,1H3. The molecule has 0 saturated heterocycles. The Bertz CT molecular complexity index is 967. The molecule has 0 bridgehead atoms. The number of halogens is 4. The highest BCUT2D eigenvalue weighted by atomic mass is 19.4. The van der Waals surface area contributed by atoms with E-state index < -0.39 is 17.9 Å². The molecular formula is C28H32F4O. The van der Waals surface area contributed by atoms with Crippen LogP contribution in [0.1, 0.15) is 92.9 Å². The predicted molar refractivity (Wildman–Crippen MR) is 125 cm³/mol. The summed E-state index contributed by atoms with van der Waals surface area (Å²) in [6.45, 7) is 2.25. The van der Waals surface area contributed by atoms with E-state index in [0.29, 0.717) is 24.3 Å². The van der Waals surface area contributed by atoms with Gasteiger partial charge in [0.15, 0.2) is 11.6 Å². The maximum Gasteiger partial charge on any atom is 0.573 e. The Morgan fingerprint density at radius 3 is 2.30 bits per heavy atom. The molecule has 2 aromatic carbocycles. The molecule has 1 fully saturated rings. The first-order chi connectivity index (χ1) is 15.8. The summed E-state index contributed by atoms with van der Waals surface area (Å²) in [5.74, 6) is -0.158. The van der Waals surface area contributed by atoms with Crippen LogP contribution in [0.3, 0.4) is 0 Å². The zero-order valence-corrected chi connectivity index (χ0v) is 19.2. The summed E-state index contributed by atoms with van der Waals surface area (Å²) in [4.78, 5) is 0. The molecule has 2 aliphatic carbocycles. The normalized spacial score (nSPS) is 20.8. The number of alkyl halides is 3. The average molecular weight is 461 g/mol. The molecule has 5 heteroatoms. The number of ether oxygens (including phenoxy) is 1. The highest BCUT2D eigenvalue weighted by Crippen LogP contribution is 2.39. The monoisotopic (exact) mass is 460 g/mol. The fourth-order valence-electron chi connectivity index (χ4n) is 5.39. The molecule has 0 atom stereocenters. The Balaban J connectivity index is 1.41. The molecule has 0 radical (unpaired) electrons. The SMILES string of the molecule is CCCCCC1CCC(c2ccc(C3=Cc4ccc(OC(F)(F)F)c(F)c4CC3)cc2)CC1. The molecule has 1 nitrogen and oxygen atoms in total. The lowest BCUT2D eigenvalue weighted by molar-refractivity contribution is -0.275. The molecule has 0 spiro atoms. The van der Waals surface area contributed by atoms with E-state index in [-0.39, 0.29) is 5.56 Å². The first-order valence-electron chi connectivity index (χ1n) is 12.2. The third-order valence-corrected chi connectivity index (χ3v) is 7.26. The first kappa shape index (κ1) is 23.8. The van der Waals surface area contributed by atoms with Gasteiger partial charge in [0.25, 0.3) is 0 Å². The Morgan fingerprint density at radius 1 is 0.909 bits per heavy atom. The minimum absolute atomic E-state index is 0.285. The van der Waals surface area contributed by atoms with Crippen LogP contribution >= 0.6 is 0 Å². The summed E-state index contributed by atoms with van der Waals surface area (Å²) < 4.78 is 55.8. The van der Waals surface area contributed by atoms with Gasteiger partial charge >= 0.3 is 6.36 Å². The van der Waals surface area contributed by atoms with Crippen LogP contribution in [0.5, 0.6) is 5.75 Å². The van der Waals surface area contributed by atoms with Gasteiger partial charge in [-0.25, -0.2) is 4.39 Å². The Kier molecular flexibility index (Phi) is 7.45. The second-order valence-corrected chi connectivity index (χ2v) is 9.50. The molecule has 0 aromatic heterocycles. The summed E-state index contributed by atoms with van der Waals surface area (Å²) in [5, 5.41) is 0. The van der Waals surface area contributed by atoms with E-state index in [1.165, 1.54) is 63.0 Å². The van der Waals surface area contributed by atoms with Crippen LogP contribution in [-0.2, 0) is 6.42 Å². The van der Waals surface area contributed by atoms with Crippen LogP contribution < -0.4 is 4.74 Å². The number of benzene rings is 2. The summed E-state index contributed by atoms with van der Waals surface area (Å²) in [5.41, 5.74) is 4.47. The molecule has 0 aliphatic heterocycles. The van der Waals surface area contributed by atoms with E-state index in [1.807, 2.05) is 6.08 Å². The number of allylic oxidation sites excluding steroid dienone is 1. The van der Waals surface area contributed by atoms with E-state index in [1.54, 1.807) is 0 Å². The smallest absolute Gasteiger partial charge is 0.403 e. The summed E-state index contributed by atoms with van der Waals surface area (Å²) in [6.07, 6.45) is 8.45. The van der Waals surface area contributed by atoms with Gasteiger partial charge in [0.1, 0.15) is 0 Å². The molecule has 178 valence electrons. The van der Waals surface area contributed by atoms with Crippen molar-refractivity contribution in [1.29, 1.82) is 0 Å². The lowest BCUT2D eigenvalue weighted by atomic mass is 9.76. The van der Waals surface area contributed by atoms with Crippen LogP contribution in [0.4, 0.5) is 17.6 Å². The van der Waals surface area contributed by atoms with Crippen molar-refractivity contribution < 1.29 is 22.3 Å². The second kappa shape index (κ2) is 10.3. The van der Waals surface area contributed by atoms with Gasteiger partial charge < -0.3 is 4.74 Å².